The molecule has 0 aromatic heterocycles. The van der Waals surface area contributed by atoms with Crippen LogP contribution in [-0.4, -0.2) is 54.6 Å². The van der Waals surface area contributed by atoms with Gasteiger partial charge in [0.2, 0.25) is 20.0 Å². The monoisotopic (exact) mass is 459 g/mol. The zero-order chi connectivity index (χ0) is 21.1. The summed E-state index contributed by atoms with van der Waals surface area (Å²) in [6.07, 6.45) is 0. The van der Waals surface area contributed by atoms with Crippen LogP contribution in [0.4, 0.5) is 0 Å². The van der Waals surface area contributed by atoms with Crippen LogP contribution >= 0.6 is 11.6 Å². The second-order valence-electron chi connectivity index (χ2n) is 6.59. The lowest BCUT2D eigenvalue weighted by atomic mass is 10.1. The van der Waals surface area contributed by atoms with Crippen molar-refractivity contribution in [3.05, 3.63) is 59.1 Å². The van der Waals surface area contributed by atoms with Gasteiger partial charge in [0.1, 0.15) is 0 Å². The number of halogens is 1. The van der Waals surface area contributed by atoms with Gasteiger partial charge in [-0.3, -0.25) is 4.90 Å². The highest BCUT2D eigenvalue weighted by Gasteiger charge is 2.25. The number of nitrogens with one attached hydrogen (secondary N) is 1. The lowest BCUT2D eigenvalue weighted by Gasteiger charge is -2.35. The number of nitrogens with zero attached hydrogens (tertiary/aromatic N) is 1. The number of nitrogens with two attached hydrogens (primary N) is 1. The van der Waals surface area contributed by atoms with Crippen LogP contribution < -0.4 is 9.86 Å². The molecule has 11 heteroatoms. The summed E-state index contributed by atoms with van der Waals surface area (Å²) in [5.74, 6) is 0. The number of hydrogen-bond donors (Lipinski definition) is 2. The summed E-state index contributed by atoms with van der Waals surface area (Å²) in [5.41, 5.74) is 0.875. The van der Waals surface area contributed by atoms with Gasteiger partial charge in [-0.1, -0.05) is 29.8 Å². The highest BCUT2D eigenvalue weighted by Crippen LogP contribution is 2.25. The number of rotatable bonds is 7. The fourth-order valence-corrected chi connectivity index (χ4v) is 5.07. The van der Waals surface area contributed by atoms with E-state index in [9.17, 15) is 16.8 Å². The molecule has 0 radical (unpaired) electrons. The molecule has 0 spiro atoms. The van der Waals surface area contributed by atoms with Gasteiger partial charge in [-0.25, -0.2) is 26.7 Å². The molecule has 0 saturated carbocycles. The molecule has 158 valence electrons. The number of benzene rings is 2. The Hall–Kier alpha value is -1.53. The van der Waals surface area contributed by atoms with Crippen LogP contribution in [0.15, 0.2) is 58.3 Å². The maximum atomic E-state index is 12.8. The van der Waals surface area contributed by atoms with E-state index in [-0.39, 0.29) is 22.4 Å². The Bertz CT molecular complexity index is 1070. The first-order valence-electron chi connectivity index (χ1n) is 8.86. The number of sulfonamides is 2. The largest absolute Gasteiger partial charge is 0.379 e. The normalized spacial score (nSPS) is 17.2. The molecule has 0 amide bonds. The number of ether oxygens (including phenoxy) is 1. The van der Waals surface area contributed by atoms with Gasteiger partial charge in [-0.2, -0.15) is 0 Å². The minimum atomic E-state index is -4.01. The highest BCUT2D eigenvalue weighted by atomic mass is 35.5. The van der Waals surface area contributed by atoms with Crippen molar-refractivity contribution in [2.24, 2.45) is 5.14 Å². The predicted molar refractivity (Wildman–Crippen MR) is 110 cm³/mol. The molecule has 1 unspecified atom stereocenters. The predicted octanol–water partition coefficient (Wildman–Crippen LogP) is 1.34. The summed E-state index contributed by atoms with van der Waals surface area (Å²) < 4.78 is 56.6. The van der Waals surface area contributed by atoms with Crippen molar-refractivity contribution in [3.63, 3.8) is 0 Å². The molecule has 1 saturated heterocycles. The van der Waals surface area contributed by atoms with Crippen molar-refractivity contribution < 1.29 is 21.6 Å². The summed E-state index contributed by atoms with van der Waals surface area (Å²) in [5, 5.41) is 5.66. The van der Waals surface area contributed by atoms with E-state index in [1.807, 2.05) is 12.1 Å². The molecule has 0 aliphatic carbocycles. The van der Waals surface area contributed by atoms with E-state index in [1.165, 1.54) is 18.2 Å². The number of morpholine rings is 1. The minimum Gasteiger partial charge on any atom is -0.379 e. The molecule has 1 heterocycles. The first kappa shape index (κ1) is 22.2. The van der Waals surface area contributed by atoms with Gasteiger partial charge < -0.3 is 4.74 Å². The van der Waals surface area contributed by atoms with Crippen LogP contribution in [-0.2, 0) is 24.8 Å². The van der Waals surface area contributed by atoms with Gasteiger partial charge in [0.25, 0.3) is 0 Å². The molecule has 29 heavy (non-hydrogen) atoms. The molecule has 2 aromatic rings. The van der Waals surface area contributed by atoms with Gasteiger partial charge in [0.05, 0.1) is 23.0 Å². The first-order valence-corrected chi connectivity index (χ1v) is 12.3. The molecule has 2 aromatic carbocycles. The van der Waals surface area contributed by atoms with Crippen LogP contribution in [0.5, 0.6) is 0 Å². The molecule has 1 fully saturated rings. The van der Waals surface area contributed by atoms with Crippen molar-refractivity contribution in [1.82, 2.24) is 9.62 Å². The fourth-order valence-electron chi connectivity index (χ4n) is 3.15. The van der Waals surface area contributed by atoms with E-state index in [0.717, 1.165) is 11.6 Å². The average molecular weight is 460 g/mol. The molecule has 3 rings (SSSR count). The minimum absolute atomic E-state index is 0.0856. The smallest absolute Gasteiger partial charge is 0.240 e. The number of hydrogen-bond acceptors (Lipinski definition) is 6. The number of primary sulfonamides is 1. The second-order valence-corrected chi connectivity index (χ2v) is 10.4. The third-order valence-corrected chi connectivity index (χ3v) is 7.20. The fraction of sp³-hybridized carbons (Fsp3) is 0.333. The van der Waals surface area contributed by atoms with Crippen molar-refractivity contribution in [3.8, 4) is 0 Å². The highest BCUT2D eigenvalue weighted by molar-refractivity contribution is 7.90. The molecular formula is C18H22ClN3O5S2. The van der Waals surface area contributed by atoms with Crippen LogP contribution in [0, 0.1) is 0 Å². The average Bonchev–Trinajstić information content (AvgIpc) is 2.68. The zero-order valence-corrected chi connectivity index (χ0v) is 17.9. The van der Waals surface area contributed by atoms with Crippen molar-refractivity contribution in [2.45, 2.75) is 15.8 Å². The van der Waals surface area contributed by atoms with Crippen LogP contribution in [0.3, 0.4) is 0 Å². The van der Waals surface area contributed by atoms with Crippen molar-refractivity contribution in [2.75, 3.05) is 32.8 Å². The molecule has 1 atom stereocenters. The van der Waals surface area contributed by atoms with E-state index in [1.54, 1.807) is 12.1 Å². The molecule has 8 nitrogen and oxygen atoms in total. The first-order chi connectivity index (χ1) is 13.7. The topological polar surface area (TPSA) is 119 Å². The Morgan fingerprint density at radius 3 is 2.34 bits per heavy atom. The Labute approximate surface area is 175 Å². The maximum absolute atomic E-state index is 12.8. The zero-order valence-electron chi connectivity index (χ0n) is 15.5. The molecular weight excluding hydrogens is 438 g/mol. The third kappa shape index (κ3) is 5.76. The third-order valence-electron chi connectivity index (χ3n) is 4.63. The van der Waals surface area contributed by atoms with E-state index >= 15 is 0 Å². The van der Waals surface area contributed by atoms with Crippen LogP contribution in [0.2, 0.25) is 5.02 Å². The van der Waals surface area contributed by atoms with Gasteiger partial charge in [-0.05, 0) is 35.9 Å². The molecule has 1 aliphatic heterocycles. The van der Waals surface area contributed by atoms with E-state index < -0.39 is 20.0 Å². The van der Waals surface area contributed by atoms with E-state index in [4.69, 9.17) is 21.5 Å². The maximum Gasteiger partial charge on any atom is 0.240 e. The second kappa shape index (κ2) is 9.09. The lowest BCUT2D eigenvalue weighted by molar-refractivity contribution is 0.0172. The van der Waals surface area contributed by atoms with Gasteiger partial charge in [0, 0.05) is 30.7 Å². The summed E-state index contributed by atoms with van der Waals surface area (Å²) in [6, 6.07) is 12.0. The SMILES string of the molecule is NS(=O)(=O)c1cccc(S(=O)(=O)NCC(c2cccc(Cl)c2)N2CCOCC2)c1. The summed E-state index contributed by atoms with van der Waals surface area (Å²) >= 11 is 6.12. The van der Waals surface area contributed by atoms with E-state index in [0.29, 0.717) is 31.3 Å². The summed E-state index contributed by atoms with van der Waals surface area (Å²) in [4.78, 5) is 1.69. The Kier molecular flexibility index (Phi) is 6.94. The summed E-state index contributed by atoms with van der Waals surface area (Å²) in [6.45, 7) is 2.50. The Morgan fingerprint density at radius 1 is 1.03 bits per heavy atom. The van der Waals surface area contributed by atoms with Crippen LogP contribution in [0.25, 0.3) is 0 Å². The van der Waals surface area contributed by atoms with Crippen molar-refractivity contribution >= 4 is 31.6 Å². The van der Waals surface area contributed by atoms with E-state index in [2.05, 4.69) is 9.62 Å². The quantitative estimate of drug-likeness (QED) is 0.644. The molecule has 3 N–H and O–H groups in total. The summed E-state index contributed by atoms with van der Waals surface area (Å²) in [7, 11) is -7.97. The van der Waals surface area contributed by atoms with Gasteiger partial charge >= 0.3 is 0 Å². The Balaban J connectivity index is 1.84. The molecule has 0 bridgehead atoms. The molecule has 1 aliphatic rings. The standard InChI is InChI=1S/C18H22ClN3O5S2/c19-15-4-1-3-14(11-15)18(22-7-9-27-10-8-22)13-21-29(25,26)17-6-2-5-16(12-17)28(20,23)24/h1-6,11-12,18,21H,7-10,13H2,(H2,20,23,24). The van der Waals surface area contributed by atoms with Crippen LogP contribution in [0.1, 0.15) is 11.6 Å². The Morgan fingerprint density at radius 2 is 1.69 bits per heavy atom. The van der Waals surface area contributed by atoms with Gasteiger partial charge in [-0.15, -0.1) is 0 Å². The van der Waals surface area contributed by atoms with Crippen molar-refractivity contribution in [1.29, 1.82) is 0 Å². The van der Waals surface area contributed by atoms with Gasteiger partial charge in [0.15, 0.2) is 0 Å². The lowest BCUT2D eigenvalue weighted by Crippen LogP contribution is -2.43.